The van der Waals surface area contributed by atoms with Gasteiger partial charge in [-0.1, -0.05) is 60.2 Å². The fraction of sp³-hybridized carbons (Fsp3) is 0.0400. The number of hydrogen-bond acceptors (Lipinski definition) is 4. The number of non-ortho nitro benzene ring substituents is 1. The van der Waals surface area contributed by atoms with Crippen molar-refractivity contribution in [1.82, 2.24) is 3.97 Å². The first-order chi connectivity index (χ1) is 15.4. The normalized spacial score (nSPS) is 11.8. The van der Waals surface area contributed by atoms with Crippen LogP contribution in [0, 0.1) is 17.0 Å². The van der Waals surface area contributed by atoms with E-state index in [4.69, 9.17) is 0 Å². The van der Waals surface area contributed by atoms with Gasteiger partial charge in [-0.3, -0.25) is 10.1 Å². The Morgan fingerprint density at radius 1 is 0.812 bits per heavy atom. The lowest BCUT2D eigenvalue weighted by atomic mass is 9.98. The molecule has 0 bridgehead atoms. The molecule has 0 aliphatic rings. The summed E-state index contributed by atoms with van der Waals surface area (Å²) in [7, 11) is -3.91. The van der Waals surface area contributed by atoms with Gasteiger partial charge in [0, 0.05) is 29.3 Å². The molecule has 0 radical (unpaired) electrons. The molecule has 0 spiro atoms. The molecule has 4 aromatic carbocycles. The van der Waals surface area contributed by atoms with Crippen LogP contribution < -0.4 is 0 Å². The zero-order valence-corrected chi connectivity index (χ0v) is 17.9. The highest BCUT2D eigenvalue weighted by Crippen LogP contribution is 2.38. The minimum Gasteiger partial charge on any atom is -0.258 e. The van der Waals surface area contributed by atoms with Gasteiger partial charge < -0.3 is 0 Å². The minimum absolute atomic E-state index is 0.0931. The van der Waals surface area contributed by atoms with Gasteiger partial charge in [-0.25, -0.2) is 12.4 Å². The average Bonchev–Trinajstić information content (AvgIpc) is 3.18. The molecule has 0 amide bonds. The zero-order chi connectivity index (χ0) is 22.5. The Bertz CT molecular complexity index is 1610. The number of hydrogen-bond donors (Lipinski definition) is 0. The maximum absolute atomic E-state index is 13.5. The van der Waals surface area contributed by atoms with Gasteiger partial charge in [0.25, 0.3) is 15.7 Å². The van der Waals surface area contributed by atoms with Crippen molar-refractivity contribution in [2.24, 2.45) is 0 Å². The lowest BCUT2D eigenvalue weighted by Crippen LogP contribution is -2.11. The number of nitro benzene ring substituents is 1. The SMILES string of the molecule is Cc1ccc(S(=O)(=O)n2cc(-c3cccc4ccccc34)c3cc([N+](=O)[O-])ccc32)cc1. The topological polar surface area (TPSA) is 82.2 Å². The summed E-state index contributed by atoms with van der Waals surface area (Å²) in [5.74, 6) is 0. The molecule has 1 heterocycles. The van der Waals surface area contributed by atoms with E-state index in [2.05, 4.69) is 0 Å². The average molecular weight is 442 g/mol. The van der Waals surface area contributed by atoms with Crippen LogP contribution in [0.2, 0.25) is 0 Å². The number of aryl methyl sites for hydroxylation is 1. The molecule has 1 aromatic heterocycles. The first-order valence-corrected chi connectivity index (χ1v) is 11.4. The summed E-state index contributed by atoms with van der Waals surface area (Å²) in [6, 6.07) is 24.4. The molecule has 0 atom stereocenters. The van der Waals surface area contributed by atoms with Crippen LogP contribution in [0.25, 0.3) is 32.8 Å². The van der Waals surface area contributed by atoms with Gasteiger partial charge in [-0.15, -0.1) is 0 Å². The lowest BCUT2D eigenvalue weighted by Gasteiger charge is -2.08. The van der Waals surface area contributed by atoms with Crippen molar-refractivity contribution in [2.45, 2.75) is 11.8 Å². The molecule has 7 heteroatoms. The molecule has 6 nitrogen and oxygen atoms in total. The van der Waals surface area contributed by atoms with Gasteiger partial charge >= 0.3 is 0 Å². The summed E-state index contributed by atoms with van der Waals surface area (Å²) in [5, 5.41) is 13.9. The predicted molar refractivity (Wildman–Crippen MR) is 125 cm³/mol. The van der Waals surface area contributed by atoms with E-state index in [0.717, 1.165) is 21.9 Å². The first-order valence-electron chi connectivity index (χ1n) is 9.96. The van der Waals surface area contributed by atoms with Crippen LogP contribution in [-0.2, 0) is 10.0 Å². The molecule has 0 unspecified atom stereocenters. The van der Waals surface area contributed by atoms with Crippen molar-refractivity contribution in [1.29, 1.82) is 0 Å². The Morgan fingerprint density at radius 2 is 1.53 bits per heavy atom. The fourth-order valence-corrected chi connectivity index (χ4v) is 5.37. The van der Waals surface area contributed by atoms with Crippen molar-refractivity contribution >= 4 is 37.4 Å². The molecule has 0 N–H and O–H groups in total. The van der Waals surface area contributed by atoms with Crippen molar-refractivity contribution in [3.8, 4) is 11.1 Å². The quantitative estimate of drug-likeness (QED) is 0.256. The van der Waals surface area contributed by atoms with Gasteiger partial charge in [0.15, 0.2) is 0 Å². The standard InChI is InChI=1S/C25H18N2O4S/c1-17-9-12-20(13-10-17)32(30,31)26-16-24(23-15-19(27(28)29)11-14-25(23)26)22-8-4-6-18-5-2-3-7-21(18)22/h2-16H,1H3. The number of aromatic nitrogens is 1. The van der Waals surface area contributed by atoms with Crippen LogP contribution in [0.3, 0.4) is 0 Å². The molecule has 32 heavy (non-hydrogen) atoms. The smallest absolute Gasteiger partial charge is 0.258 e. The molecule has 0 saturated heterocycles. The minimum atomic E-state index is -3.91. The van der Waals surface area contributed by atoms with Gasteiger partial charge in [0.05, 0.1) is 15.3 Å². The van der Waals surface area contributed by atoms with Gasteiger partial charge in [-0.05, 0) is 41.5 Å². The molecular weight excluding hydrogens is 424 g/mol. The second-order valence-electron chi connectivity index (χ2n) is 7.64. The third kappa shape index (κ3) is 3.14. The van der Waals surface area contributed by atoms with Crippen LogP contribution in [0.1, 0.15) is 5.56 Å². The van der Waals surface area contributed by atoms with E-state index < -0.39 is 14.9 Å². The van der Waals surface area contributed by atoms with Crippen molar-refractivity contribution in [3.05, 3.63) is 107 Å². The molecule has 0 aliphatic carbocycles. The van der Waals surface area contributed by atoms with Crippen LogP contribution >= 0.6 is 0 Å². The van der Waals surface area contributed by atoms with Crippen molar-refractivity contribution in [3.63, 3.8) is 0 Å². The maximum atomic E-state index is 13.5. The van der Waals surface area contributed by atoms with E-state index in [1.54, 1.807) is 30.5 Å². The Kier molecular flexibility index (Phi) is 4.56. The van der Waals surface area contributed by atoms with E-state index in [9.17, 15) is 18.5 Å². The first kappa shape index (κ1) is 20.0. The number of benzene rings is 4. The third-order valence-electron chi connectivity index (χ3n) is 5.62. The molecule has 0 aliphatic heterocycles. The van der Waals surface area contributed by atoms with E-state index in [1.165, 1.54) is 22.2 Å². The van der Waals surface area contributed by atoms with E-state index in [1.807, 2.05) is 49.4 Å². The van der Waals surface area contributed by atoms with Gasteiger partial charge in [0.2, 0.25) is 0 Å². The Balaban J connectivity index is 1.85. The number of nitrogens with zero attached hydrogens (tertiary/aromatic N) is 2. The Labute approximate surface area is 184 Å². The third-order valence-corrected chi connectivity index (χ3v) is 7.31. The summed E-state index contributed by atoms with van der Waals surface area (Å²) in [6.45, 7) is 1.89. The van der Waals surface area contributed by atoms with E-state index in [0.29, 0.717) is 16.5 Å². The highest BCUT2D eigenvalue weighted by molar-refractivity contribution is 7.90. The van der Waals surface area contributed by atoms with Crippen LogP contribution in [0.15, 0.2) is 96.0 Å². The number of rotatable bonds is 4. The van der Waals surface area contributed by atoms with Crippen molar-refractivity contribution < 1.29 is 13.3 Å². The maximum Gasteiger partial charge on any atom is 0.270 e. The summed E-state index contributed by atoms with van der Waals surface area (Å²) in [5.41, 5.74) is 2.68. The second kappa shape index (κ2) is 7.32. The zero-order valence-electron chi connectivity index (χ0n) is 17.1. The van der Waals surface area contributed by atoms with Gasteiger partial charge in [0.1, 0.15) is 0 Å². The summed E-state index contributed by atoms with van der Waals surface area (Å²) < 4.78 is 28.2. The van der Waals surface area contributed by atoms with E-state index in [-0.39, 0.29) is 10.6 Å². The van der Waals surface area contributed by atoms with Gasteiger partial charge in [-0.2, -0.15) is 0 Å². The highest BCUT2D eigenvalue weighted by atomic mass is 32.2. The Hall–Kier alpha value is -3.97. The second-order valence-corrected chi connectivity index (χ2v) is 9.46. The molecule has 0 fully saturated rings. The molecule has 5 aromatic rings. The fourth-order valence-electron chi connectivity index (χ4n) is 4.00. The van der Waals surface area contributed by atoms with Crippen LogP contribution in [0.5, 0.6) is 0 Å². The largest absolute Gasteiger partial charge is 0.270 e. The highest BCUT2D eigenvalue weighted by Gasteiger charge is 2.24. The molecular formula is C25H18N2O4S. The summed E-state index contributed by atoms with van der Waals surface area (Å²) >= 11 is 0. The number of fused-ring (bicyclic) bond motifs is 2. The number of nitro groups is 1. The van der Waals surface area contributed by atoms with E-state index >= 15 is 0 Å². The summed E-state index contributed by atoms with van der Waals surface area (Å²) in [4.78, 5) is 11.1. The lowest BCUT2D eigenvalue weighted by molar-refractivity contribution is -0.384. The molecule has 0 saturated carbocycles. The monoisotopic (exact) mass is 442 g/mol. The molecule has 158 valence electrons. The van der Waals surface area contributed by atoms with Crippen LogP contribution in [0.4, 0.5) is 5.69 Å². The Morgan fingerprint density at radius 3 is 2.28 bits per heavy atom. The van der Waals surface area contributed by atoms with Crippen molar-refractivity contribution in [2.75, 3.05) is 0 Å². The predicted octanol–water partition coefficient (Wildman–Crippen LogP) is 5.92. The molecule has 5 rings (SSSR count). The van der Waals surface area contributed by atoms with Crippen LogP contribution in [-0.4, -0.2) is 17.3 Å². The summed E-state index contributed by atoms with van der Waals surface area (Å²) in [6.07, 6.45) is 1.56.